The first kappa shape index (κ1) is 22.3. The summed E-state index contributed by atoms with van der Waals surface area (Å²) in [5.41, 5.74) is 2.61. The fourth-order valence-corrected chi connectivity index (χ4v) is 4.56. The third-order valence-electron chi connectivity index (χ3n) is 6.08. The number of hydrogen-bond donors (Lipinski definition) is 0. The molecule has 0 fully saturated rings. The van der Waals surface area contributed by atoms with Gasteiger partial charge in [-0.2, -0.15) is 13.2 Å². The van der Waals surface area contributed by atoms with Crippen LogP contribution in [0.2, 0.25) is 5.02 Å². The Kier molecular flexibility index (Phi) is 5.52. The molecule has 4 nitrogen and oxygen atoms in total. The Balaban J connectivity index is 1.54. The Bertz CT molecular complexity index is 1450. The first-order chi connectivity index (χ1) is 16.2. The smallest absolute Gasteiger partial charge is 0.416 e. The number of alkyl halides is 3. The number of aryl methyl sites for hydroxylation is 1. The highest BCUT2D eigenvalue weighted by molar-refractivity contribution is 6.33. The Morgan fingerprint density at radius 3 is 2.53 bits per heavy atom. The van der Waals surface area contributed by atoms with Crippen LogP contribution in [0, 0.1) is 6.92 Å². The predicted octanol–water partition coefficient (Wildman–Crippen LogP) is 6.72. The van der Waals surface area contributed by atoms with Gasteiger partial charge in [-0.15, -0.1) is 0 Å². The summed E-state index contributed by atoms with van der Waals surface area (Å²) < 4.78 is 50.7. The van der Waals surface area contributed by atoms with E-state index < -0.39 is 17.4 Å². The lowest BCUT2D eigenvalue weighted by molar-refractivity contribution is -0.137. The summed E-state index contributed by atoms with van der Waals surface area (Å²) in [5.74, 6) is 0.560. The van der Waals surface area contributed by atoms with E-state index in [0.717, 1.165) is 28.6 Å². The van der Waals surface area contributed by atoms with E-state index in [4.69, 9.17) is 20.8 Å². The summed E-state index contributed by atoms with van der Waals surface area (Å²) in [4.78, 5) is 14.6. The molecular formula is C26H19ClF3NO3. The molecule has 0 aliphatic carbocycles. The van der Waals surface area contributed by atoms with Gasteiger partial charge in [0.1, 0.15) is 11.3 Å². The molecule has 1 aromatic heterocycles. The van der Waals surface area contributed by atoms with E-state index >= 15 is 0 Å². The van der Waals surface area contributed by atoms with Crippen molar-refractivity contribution in [1.82, 2.24) is 0 Å². The highest BCUT2D eigenvalue weighted by Crippen LogP contribution is 2.39. The maximum Gasteiger partial charge on any atom is 0.416 e. The fraction of sp³-hybridized carbons (Fsp3) is 0.192. The first-order valence-corrected chi connectivity index (χ1v) is 11.0. The van der Waals surface area contributed by atoms with Crippen LogP contribution in [0.5, 0.6) is 5.75 Å². The molecule has 0 saturated carbocycles. The Labute approximate surface area is 198 Å². The number of halogens is 4. The number of nitrogens with zero attached hydrogens (tertiary/aromatic N) is 1. The van der Waals surface area contributed by atoms with Crippen molar-refractivity contribution in [2.75, 3.05) is 11.6 Å². The molecule has 174 valence electrons. The molecule has 2 heterocycles. The highest BCUT2D eigenvalue weighted by atomic mass is 35.5. The van der Waals surface area contributed by atoms with Crippen LogP contribution in [0.4, 0.5) is 18.9 Å². The second kappa shape index (κ2) is 8.40. The molecule has 0 amide bonds. The van der Waals surface area contributed by atoms with Gasteiger partial charge in [-0.05, 0) is 48.4 Å². The average molecular weight is 486 g/mol. The zero-order chi connectivity index (χ0) is 24.0. The van der Waals surface area contributed by atoms with Gasteiger partial charge in [-0.25, -0.2) is 4.79 Å². The van der Waals surface area contributed by atoms with Crippen LogP contribution in [0.1, 0.15) is 27.8 Å². The molecule has 4 aromatic rings. The fourth-order valence-electron chi connectivity index (χ4n) is 4.26. The van der Waals surface area contributed by atoms with Gasteiger partial charge < -0.3 is 14.1 Å². The van der Waals surface area contributed by atoms with Crippen molar-refractivity contribution in [1.29, 1.82) is 0 Å². The van der Waals surface area contributed by atoms with Gasteiger partial charge in [-0.3, -0.25) is 0 Å². The lowest BCUT2D eigenvalue weighted by atomic mass is 9.97. The Morgan fingerprint density at radius 1 is 1.06 bits per heavy atom. The largest absolute Gasteiger partial charge is 0.473 e. The molecule has 0 bridgehead atoms. The molecule has 1 aliphatic rings. The summed E-state index contributed by atoms with van der Waals surface area (Å²) in [6, 6.07) is 16.6. The van der Waals surface area contributed by atoms with Gasteiger partial charge >= 0.3 is 11.8 Å². The Morgan fingerprint density at radius 2 is 1.82 bits per heavy atom. The minimum atomic E-state index is -4.48. The third-order valence-corrected chi connectivity index (χ3v) is 6.38. The van der Waals surface area contributed by atoms with E-state index in [0.29, 0.717) is 34.6 Å². The van der Waals surface area contributed by atoms with Crippen molar-refractivity contribution in [3.8, 4) is 5.75 Å². The monoisotopic (exact) mass is 485 g/mol. The van der Waals surface area contributed by atoms with Crippen molar-refractivity contribution in [2.24, 2.45) is 0 Å². The maximum atomic E-state index is 13.0. The SMILES string of the molecule is Cc1c(Cc2ccccc2)c(=O)oc2c3c(ccc12)OCN(c1ccc(C(F)(F)F)cc1Cl)C3. The molecular weight excluding hydrogens is 467 g/mol. The van der Waals surface area contributed by atoms with Crippen LogP contribution in [0.25, 0.3) is 11.0 Å². The predicted molar refractivity (Wildman–Crippen MR) is 125 cm³/mol. The van der Waals surface area contributed by atoms with Crippen molar-refractivity contribution in [3.05, 3.63) is 104 Å². The van der Waals surface area contributed by atoms with E-state index in [9.17, 15) is 18.0 Å². The second-order valence-corrected chi connectivity index (χ2v) is 8.62. The van der Waals surface area contributed by atoms with Gasteiger partial charge in [0.2, 0.25) is 0 Å². The molecule has 1 aliphatic heterocycles. The van der Waals surface area contributed by atoms with E-state index in [1.165, 1.54) is 6.07 Å². The quantitative estimate of drug-likeness (QED) is 0.302. The summed E-state index contributed by atoms with van der Waals surface area (Å²) in [6.07, 6.45) is -4.03. The van der Waals surface area contributed by atoms with Gasteiger partial charge in [-0.1, -0.05) is 41.9 Å². The molecule has 5 rings (SSSR count). The standard InChI is InChI=1S/C26H19ClF3NO3/c1-15-18-8-10-23-20(24(18)34-25(32)19(15)11-16-5-3-2-4-6-16)13-31(14-33-23)22-9-7-17(12-21(22)27)26(28,29)30/h2-10,12H,11,13-14H2,1H3. The van der Waals surface area contributed by atoms with E-state index in [2.05, 4.69) is 0 Å². The number of hydrogen-bond acceptors (Lipinski definition) is 4. The zero-order valence-electron chi connectivity index (χ0n) is 18.1. The van der Waals surface area contributed by atoms with Gasteiger partial charge in [0.05, 0.1) is 28.4 Å². The van der Waals surface area contributed by atoms with Crippen molar-refractivity contribution in [2.45, 2.75) is 26.1 Å². The molecule has 0 saturated heterocycles. The number of rotatable bonds is 3. The van der Waals surface area contributed by atoms with Crippen LogP contribution in [-0.2, 0) is 19.1 Å². The summed E-state index contributed by atoms with van der Waals surface area (Å²) in [5, 5.41) is 0.748. The maximum absolute atomic E-state index is 13.0. The van der Waals surface area contributed by atoms with Crippen LogP contribution in [0.15, 0.2) is 69.9 Å². The Hall–Kier alpha value is -3.45. The van der Waals surface area contributed by atoms with E-state index in [1.54, 1.807) is 4.90 Å². The van der Waals surface area contributed by atoms with Gasteiger partial charge in [0, 0.05) is 17.4 Å². The topological polar surface area (TPSA) is 42.7 Å². The first-order valence-electron chi connectivity index (χ1n) is 10.6. The summed E-state index contributed by atoms with van der Waals surface area (Å²) in [6.45, 7) is 2.25. The number of fused-ring (bicyclic) bond motifs is 3. The molecule has 8 heteroatoms. The molecule has 0 radical (unpaired) electrons. The van der Waals surface area contributed by atoms with Gasteiger partial charge in [0.25, 0.3) is 0 Å². The molecule has 0 atom stereocenters. The average Bonchev–Trinajstić information content (AvgIpc) is 2.81. The van der Waals surface area contributed by atoms with Crippen LogP contribution in [0.3, 0.4) is 0 Å². The van der Waals surface area contributed by atoms with Crippen molar-refractivity contribution >= 4 is 28.3 Å². The summed E-state index contributed by atoms with van der Waals surface area (Å²) in [7, 11) is 0. The third kappa shape index (κ3) is 4.01. The minimum absolute atomic E-state index is 0.0371. The summed E-state index contributed by atoms with van der Waals surface area (Å²) >= 11 is 6.19. The molecule has 0 spiro atoms. The van der Waals surface area contributed by atoms with Crippen molar-refractivity contribution in [3.63, 3.8) is 0 Å². The lowest BCUT2D eigenvalue weighted by Gasteiger charge is -2.32. The van der Waals surface area contributed by atoms with Crippen LogP contribution < -0.4 is 15.3 Å². The second-order valence-electron chi connectivity index (χ2n) is 8.21. The van der Waals surface area contributed by atoms with Crippen molar-refractivity contribution < 1.29 is 22.3 Å². The highest BCUT2D eigenvalue weighted by Gasteiger charge is 2.32. The number of anilines is 1. The minimum Gasteiger partial charge on any atom is -0.473 e. The lowest BCUT2D eigenvalue weighted by Crippen LogP contribution is -2.32. The van der Waals surface area contributed by atoms with Crippen LogP contribution in [-0.4, -0.2) is 6.73 Å². The number of ether oxygens (including phenoxy) is 1. The van der Waals surface area contributed by atoms with E-state index in [-0.39, 0.29) is 18.3 Å². The van der Waals surface area contributed by atoms with Gasteiger partial charge in [0.15, 0.2) is 6.73 Å². The molecule has 0 unspecified atom stereocenters. The molecule has 0 N–H and O–H groups in total. The zero-order valence-corrected chi connectivity index (χ0v) is 18.8. The van der Waals surface area contributed by atoms with E-state index in [1.807, 2.05) is 49.4 Å². The van der Waals surface area contributed by atoms with Crippen LogP contribution >= 0.6 is 11.6 Å². The molecule has 3 aromatic carbocycles. The number of benzene rings is 3. The molecule has 34 heavy (non-hydrogen) atoms. The normalized spacial score (nSPS) is 13.6.